The summed E-state index contributed by atoms with van der Waals surface area (Å²) in [6.45, 7) is 4.14. The van der Waals surface area contributed by atoms with Gasteiger partial charge in [0.1, 0.15) is 5.75 Å². The summed E-state index contributed by atoms with van der Waals surface area (Å²) in [6.07, 6.45) is 1.13. The van der Waals surface area contributed by atoms with Gasteiger partial charge in [-0.2, -0.15) is 0 Å². The number of hydrogen-bond acceptors (Lipinski definition) is 6. The molecule has 1 saturated heterocycles. The molecule has 0 saturated carbocycles. The molecule has 1 amide bonds. The Labute approximate surface area is 224 Å². The Bertz CT molecular complexity index is 1170. The second-order valence-electron chi connectivity index (χ2n) is 9.43. The molecule has 1 fully saturated rings. The Kier molecular flexibility index (Phi) is 9.90. The lowest BCUT2D eigenvalue weighted by Crippen LogP contribution is -2.49. The molecule has 0 radical (unpaired) electrons. The van der Waals surface area contributed by atoms with Crippen molar-refractivity contribution in [1.29, 1.82) is 0 Å². The fourth-order valence-corrected chi connectivity index (χ4v) is 4.62. The van der Waals surface area contributed by atoms with E-state index in [0.29, 0.717) is 38.2 Å². The lowest BCUT2D eigenvalue weighted by molar-refractivity contribution is -0.133. The molecule has 200 valence electrons. The first kappa shape index (κ1) is 27.4. The Morgan fingerprint density at radius 1 is 0.842 bits per heavy atom. The van der Waals surface area contributed by atoms with Crippen LogP contribution in [-0.4, -0.2) is 68.6 Å². The molecule has 0 aromatic heterocycles. The summed E-state index contributed by atoms with van der Waals surface area (Å²) in [6, 6.07) is 25.4. The van der Waals surface area contributed by atoms with E-state index in [1.807, 2.05) is 53.4 Å². The number of carbonyl (C=O) groups is 2. The van der Waals surface area contributed by atoms with Crippen molar-refractivity contribution >= 4 is 11.9 Å². The molecule has 3 aromatic rings. The van der Waals surface area contributed by atoms with Crippen LogP contribution in [0.2, 0.25) is 0 Å². The van der Waals surface area contributed by atoms with E-state index in [1.165, 1.54) is 12.7 Å². The maximum atomic E-state index is 12.8. The molecule has 4 rings (SSSR count). The number of amides is 1. The molecule has 0 bridgehead atoms. The summed E-state index contributed by atoms with van der Waals surface area (Å²) in [7, 11) is 3.03. The minimum Gasteiger partial charge on any atom is -0.497 e. The largest absolute Gasteiger partial charge is 0.497 e. The molecule has 7 heteroatoms. The molecular weight excluding hydrogens is 480 g/mol. The van der Waals surface area contributed by atoms with Gasteiger partial charge in [0.15, 0.2) is 0 Å². The van der Waals surface area contributed by atoms with Crippen molar-refractivity contribution in [2.24, 2.45) is 0 Å². The van der Waals surface area contributed by atoms with E-state index in [4.69, 9.17) is 14.2 Å². The van der Waals surface area contributed by atoms with Crippen LogP contribution in [0.3, 0.4) is 0 Å². The smallest absolute Gasteiger partial charge is 0.337 e. The summed E-state index contributed by atoms with van der Waals surface area (Å²) >= 11 is 0. The number of methoxy groups -OCH3 is 2. The van der Waals surface area contributed by atoms with Gasteiger partial charge in [0.2, 0.25) is 5.91 Å². The zero-order chi connectivity index (χ0) is 26.7. The first-order chi connectivity index (χ1) is 18.6. The number of rotatable bonds is 11. The average molecular weight is 517 g/mol. The number of benzene rings is 3. The van der Waals surface area contributed by atoms with Crippen LogP contribution in [0.4, 0.5) is 0 Å². The zero-order valence-electron chi connectivity index (χ0n) is 22.2. The van der Waals surface area contributed by atoms with E-state index in [2.05, 4.69) is 23.1 Å². The standard InChI is InChI=1S/C31H36N2O5/c1-36-28-10-6-9-27(21-28)29(38-23-25-11-14-26(15-12-25)31(35)37-2)22-32-17-19-33(20-18-32)30(34)16-13-24-7-4-3-5-8-24/h3-12,14-15,21,29H,13,16-20,22-23H2,1-2H3/t29-/m1/s1. The predicted octanol–water partition coefficient (Wildman–Crippen LogP) is 4.52. The molecule has 0 unspecified atom stereocenters. The van der Waals surface area contributed by atoms with Gasteiger partial charge in [0.25, 0.3) is 0 Å². The van der Waals surface area contributed by atoms with Gasteiger partial charge in [-0.3, -0.25) is 9.69 Å². The van der Waals surface area contributed by atoms with E-state index < -0.39 is 0 Å². The van der Waals surface area contributed by atoms with Crippen molar-refractivity contribution in [3.63, 3.8) is 0 Å². The zero-order valence-corrected chi connectivity index (χ0v) is 22.2. The summed E-state index contributed by atoms with van der Waals surface area (Å²) < 4.78 is 16.6. The summed E-state index contributed by atoms with van der Waals surface area (Å²) in [4.78, 5) is 28.8. The fraction of sp³-hybridized carbons (Fsp3) is 0.355. The highest BCUT2D eigenvalue weighted by Crippen LogP contribution is 2.25. The number of esters is 1. The van der Waals surface area contributed by atoms with Gasteiger partial charge in [-0.05, 0) is 47.4 Å². The predicted molar refractivity (Wildman–Crippen MR) is 146 cm³/mol. The minimum atomic E-state index is -0.357. The van der Waals surface area contributed by atoms with Gasteiger partial charge in [-0.1, -0.05) is 54.6 Å². The van der Waals surface area contributed by atoms with Gasteiger partial charge < -0.3 is 19.1 Å². The van der Waals surface area contributed by atoms with Crippen LogP contribution >= 0.6 is 0 Å². The topological polar surface area (TPSA) is 68.3 Å². The molecule has 0 spiro atoms. The number of ether oxygens (including phenoxy) is 3. The molecule has 7 nitrogen and oxygen atoms in total. The second kappa shape index (κ2) is 13.7. The van der Waals surface area contributed by atoms with Crippen LogP contribution in [0.15, 0.2) is 78.9 Å². The van der Waals surface area contributed by atoms with Gasteiger partial charge in [0, 0.05) is 39.1 Å². The van der Waals surface area contributed by atoms with E-state index in [0.717, 1.165) is 36.4 Å². The van der Waals surface area contributed by atoms with E-state index >= 15 is 0 Å². The van der Waals surface area contributed by atoms with Gasteiger partial charge in [-0.15, -0.1) is 0 Å². The van der Waals surface area contributed by atoms with Gasteiger partial charge >= 0.3 is 5.97 Å². The molecule has 0 aliphatic carbocycles. The third kappa shape index (κ3) is 7.66. The highest BCUT2D eigenvalue weighted by molar-refractivity contribution is 5.89. The van der Waals surface area contributed by atoms with Crippen LogP contribution in [0.1, 0.15) is 39.6 Å². The second-order valence-corrected chi connectivity index (χ2v) is 9.43. The molecule has 0 N–H and O–H groups in total. The van der Waals surface area contributed by atoms with Gasteiger partial charge in [-0.25, -0.2) is 4.79 Å². The van der Waals surface area contributed by atoms with Crippen molar-refractivity contribution in [2.75, 3.05) is 46.9 Å². The molecule has 38 heavy (non-hydrogen) atoms. The SMILES string of the molecule is COC(=O)c1ccc(CO[C@H](CN2CCN(C(=O)CCc3ccccc3)CC2)c2cccc(OC)c2)cc1. The van der Waals surface area contributed by atoms with Crippen LogP contribution in [-0.2, 0) is 27.3 Å². The number of carbonyl (C=O) groups excluding carboxylic acids is 2. The Morgan fingerprint density at radius 2 is 1.58 bits per heavy atom. The number of aryl methyl sites for hydroxylation is 1. The number of nitrogens with zero attached hydrogens (tertiary/aromatic N) is 2. The third-order valence-electron chi connectivity index (χ3n) is 6.91. The van der Waals surface area contributed by atoms with E-state index in [-0.39, 0.29) is 18.0 Å². The Hall–Kier alpha value is -3.68. The van der Waals surface area contributed by atoms with Crippen molar-refractivity contribution in [3.05, 3.63) is 101 Å². The quantitative estimate of drug-likeness (QED) is 0.349. The van der Waals surface area contributed by atoms with Crippen molar-refractivity contribution < 1.29 is 23.8 Å². The van der Waals surface area contributed by atoms with Crippen LogP contribution < -0.4 is 4.74 Å². The maximum absolute atomic E-state index is 12.8. The maximum Gasteiger partial charge on any atom is 0.337 e. The fourth-order valence-electron chi connectivity index (χ4n) is 4.62. The Morgan fingerprint density at radius 3 is 2.26 bits per heavy atom. The van der Waals surface area contributed by atoms with Crippen molar-refractivity contribution in [1.82, 2.24) is 9.80 Å². The Balaban J connectivity index is 1.34. The lowest BCUT2D eigenvalue weighted by Gasteiger charge is -2.36. The molecule has 1 aliphatic heterocycles. The van der Waals surface area contributed by atoms with Crippen LogP contribution in [0, 0.1) is 0 Å². The number of hydrogen-bond donors (Lipinski definition) is 0. The highest BCUT2D eigenvalue weighted by Gasteiger charge is 2.24. The van der Waals surface area contributed by atoms with E-state index in [9.17, 15) is 9.59 Å². The molecule has 1 heterocycles. The first-order valence-corrected chi connectivity index (χ1v) is 13.0. The molecule has 1 atom stereocenters. The number of piperazine rings is 1. The lowest BCUT2D eigenvalue weighted by atomic mass is 10.1. The van der Waals surface area contributed by atoms with E-state index in [1.54, 1.807) is 19.2 Å². The van der Waals surface area contributed by atoms with Crippen molar-refractivity contribution in [3.8, 4) is 5.75 Å². The van der Waals surface area contributed by atoms with Crippen LogP contribution in [0.25, 0.3) is 0 Å². The summed E-state index contributed by atoms with van der Waals surface area (Å²) in [5, 5.41) is 0. The first-order valence-electron chi connectivity index (χ1n) is 13.0. The third-order valence-corrected chi connectivity index (χ3v) is 6.91. The minimum absolute atomic E-state index is 0.175. The van der Waals surface area contributed by atoms with Crippen LogP contribution in [0.5, 0.6) is 5.75 Å². The molecular formula is C31H36N2O5. The summed E-state index contributed by atoms with van der Waals surface area (Å²) in [5.41, 5.74) is 3.71. The van der Waals surface area contributed by atoms with Crippen molar-refractivity contribution in [2.45, 2.75) is 25.6 Å². The average Bonchev–Trinajstić information content (AvgIpc) is 2.98. The summed E-state index contributed by atoms with van der Waals surface area (Å²) in [5.74, 6) is 0.640. The molecule has 3 aromatic carbocycles. The highest BCUT2D eigenvalue weighted by atomic mass is 16.5. The van der Waals surface area contributed by atoms with Gasteiger partial charge in [0.05, 0.1) is 32.5 Å². The normalized spacial score (nSPS) is 14.6. The monoisotopic (exact) mass is 516 g/mol. The molecule has 1 aliphatic rings.